The van der Waals surface area contributed by atoms with Crippen LogP contribution in [0.5, 0.6) is 0 Å². The number of aromatic amines is 1. The number of nitrogen functional groups attached to an aromatic ring is 1. The van der Waals surface area contributed by atoms with Crippen molar-refractivity contribution in [2.45, 2.75) is 45.6 Å². The maximum atomic E-state index is 12.0. The third-order valence-corrected chi connectivity index (χ3v) is 3.60. The highest BCUT2D eigenvalue weighted by atomic mass is 16.1. The van der Waals surface area contributed by atoms with Crippen LogP contribution in [0.3, 0.4) is 0 Å². The molecule has 6 heteroatoms. The van der Waals surface area contributed by atoms with Crippen LogP contribution in [0.15, 0.2) is 11.1 Å². The van der Waals surface area contributed by atoms with E-state index in [-0.39, 0.29) is 16.9 Å². The van der Waals surface area contributed by atoms with E-state index >= 15 is 0 Å². The van der Waals surface area contributed by atoms with Crippen LogP contribution in [0.2, 0.25) is 0 Å². The van der Waals surface area contributed by atoms with Crippen LogP contribution in [0.1, 0.15) is 40.0 Å². The summed E-state index contributed by atoms with van der Waals surface area (Å²) in [6.07, 6.45) is 4.30. The second kappa shape index (κ2) is 4.44. The summed E-state index contributed by atoms with van der Waals surface area (Å²) < 4.78 is 1.84. The van der Waals surface area contributed by atoms with E-state index in [4.69, 9.17) is 5.73 Å². The maximum Gasteiger partial charge on any atom is 0.277 e. The minimum atomic E-state index is -0.223. The average Bonchev–Trinajstić information content (AvgIpc) is 2.69. The first kappa shape index (κ1) is 12.6. The van der Waals surface area contributed by atoms with Crippen LogP contribution in [-0.2, 0) is 5.54 Å². The van der Waals surface area contributed by atoms with Gasteiger partial charge in [-0.3, -0.25) is 14.6 Å². The minimum Gasteiger partial charge on any atom is -0.383 e. The number of aromatic nitrogens is 4. The molecule has 0 saturated carbocycles. The smallest absolute Gasteiger partial charge is 0.277 e. The van der Waals surface area contributed by atoms with Gasteiger partial charge in [-0.1, -0.05) is 20.3 Å². The number of hydrogen-bond donors (Lipinski definition) is 2. The van der Waals surface area contributed by atoms with Gasteiger partial charge < -0.3 is 5.73 Å². The summed E-state index contributed by atoms with van der Waals surface area (Å²) in [4.78, 5) is 20.0. The van der Waals surface area contributed by atoms with Crippen LogP contribution in [0.4, 0.5) is 5.82 Å². The number of nitrogens with one attached hydrogen (secondary N) is 1. The highest BCUT2D eigenvalue weighted by Gasteiger charge is 2.27. The molecule has 0 aliphatic rings. The molecule has 0 aliphatic carbocycles. The van der Waals surface area contributed by atoms with Crippen molar-refractivity contribution in [2.24, 2.45) is 0 Å². The third kappa shape index (κ3) is 1.77. The molecule has 2 aromatic rings. The molecule has 0 amide bonds. The number of H-pyrrole nitrogens is 1. The Balaban J connectivity index is 2.73. The second-order valence-corrected chi connectivity index (χ2v) is 4.83. The van der Waals surface area contributed by atoms with Crippen molar-refractivity contribution in [3.05, 3.63) is 16.7 Å². The van der Waals surface area contributed by atoms with E-state index < -0.39 is 0 Å². The average molecular weight is 249 g/mol. The van der Waals surface area contributed by atoms with Gasteiger partial charge in [0.1, 0.15) is 17.5 Å². The normalized spacial score (nSPS) is 14.8. The van der Waals surface area contributed by atoms with Crippen molar-refractivity contribution >= 4 is 16.9 Å². The van der Waals surface area contributed by atoms with Crippen molar-refractivity contribution in [1.82, 2.24) is 19.7 Å². The summed E-state index contributed by atoms with van der Waals surface area (Å²) in [5.74, 6) is 0.231. The van der Waals surface area contributed by atoms with Gasteiger partial charge in [-0.15, -0.1) is 0 Å². The topological polar surface area (TPSA) is 89.6 Å². The van der Waals surface area contributed by atoms with Crippen molar-refractivity contribution in [2.75, 3.05) is 5.73 Å². The van der Waals surface area contributed by atoms with Crippen LogP contribution in [0, 0.1) is 0 Å². The van der Waals surface area contributed by atoms with Gasteiger partial charge in [-0.2, -0.15) is 0 Å². The third-order valence-electron chi connectivity index (χ3n) is 3.60. The van der Waals surface area contributed by atoms with Gasteiger partial charge in [0.2, 0.25) is 0 Å². The van der Waals surface area contributed by atoms with E-state index in [1.807, 2.05) is 4.68 Å². The summed E-state index contributed by atoms with van der Waals surface area (Å²) in [6.45, 7) is 6.34. The zero-order valence-corrected chi connectivity index (χ0v) is 11.0. The van der Waals surface area contributed by atoms with E-state index in [9.17, 15) is 4.79 Å². The monoisotopic (exact) mass is 249 g/mol. The molecular formula is C12H19N5O. The maximum absolute atomic E-state index is 12.0. The van der Waals surface area contributed by atoms with Gasteiger partial charge in [-0.05, 0) is 19.8 Å². The molecule has 2 rings (SSSR count). The molecule has 2 heterocycles. The molecule has 18 heavy (non-hydrogen) atoms. The highest BCUT2D eigenvalue weighted by Crippen LogP contribution is 2.28. The summed E-state index contributed by atoms with van der Waals surface area (Å²) >= 11 is 0. The molecule has 1 atom stereocenters. The molecule has 0 spiro atoms. The Morgan fingerprint density at radius 2 is 2.17 bits per heavy atom. The van der Waals surface area contributed by atoms with Crippen molar-refractivity contribution < 1.29 is 0 Å². The summed E-state index contributed by atoms with van der Waals surface area (Å²) in [5.41, 5.74) is 5.95. The molecule has 1 unspecified atom stereocenters. The zero-order valence-electron chi connectivity index (χ0n) is 11.0. The molecule has 98 valence electrons. The number of anilines is 1. The van der Waals surface area contributed by atoms with E-state index in [2.05, 4.69) is 35.8 Å². The Kier molecular flexibility index (Phi) is 3.11. The fourth-order valence-electron chi connectivity index (χ4n) is 2.36. The van der Waals surface area contributed by atoms with Gasteiger partial charge in [0.25, 0.3) is 5.56 Å². The van der Waals surface area contributed by atoms with E-state index in [1.165, 1.54) is 6.33 Å². The van der Waals surface area contributed by atoms with E-state index in [1.54, 1.807) is 0 Å². The highest BCUT2D eigenvalue weighted by molar-refractivity contribution is 5.84. The van der Waals surface area contributed by atoms with Gasteiger partial charge in [0.05, 0.1) is 5.54 Å². The lowest BCUT2D eigenvalue weighted by atomic mass is 9.93. The molecule has 0 aliphatic heterocycles. The Bertz CT molecular complexity index is 614. The van der Waals surface area contributed by atoms with Crippen LogP contribution >= 0.6 is 0 Å². The lowest BCUT2D eigenvalue weighted by Gasteiger charge is -2.29. The van der Waals surface area contributed by atoms with Gasteiger partial charge in [0, 0.05) is 0 Å². The SMILES string of the molecule is CCCC(C)(CC)n1[nH]c(=O)c2c(N)ncnc21. The zero-order chi connectivity index (χ0) is 13.3. The van der Waals surface area contributed by atoms with Crippen molar-refractivity contribution in [3.63, 3.8) is 0 Å². The molecule has 0 bridgehead atoms. The summed E-state index contributed by atoms with van der Waals surface area (Å²) in [5, 5.41) is 3.23. The molecule has 0 saturated heterocycles. The number of rotatable bonds is 4. The standard InChI is InChI=1S/C12H19N5O/c1-4-6-12(3,5-2)17-10-8(11(18)16-17)9(13)14-7-15-10/h7H,4-6H2,1-3H3,(H,16,18)(H2,13,14,15). The molecule has 2 aromatic heterocycles. The molecular weight excluding hydrogens is 230 g/mol. The van der Waals surface area contributed by atoms with Crippen molar-refractivity contribution in [1.29, 1.82) is 0 Å². The lowest BCUT2D eigenvalue weighted by molar-refractivity contribution is 0.257. The van der Waals surface area contributed by atoms with Gasteiger partial charge >= 0.3 is 0 Å². The minimum absolute atomic E-state index is 0.156. The molecule has 0 aromatic carbocycles. The van der Waals surface area contributed by atoms with Crippen LogP contribution < -0.4 is 11.3 Å². The Morgan fingerprint density at radius 3 is 2.78 bits per heavy atom. The predicted octanol–water partition coefficient (Wildman–Crippen LogP) is 1.63. The number of nitrogens with two attached hydrogens (primary N) is 1. The predicted molar refractivity (Wildman–Crippen MR) is 71.4 cm³/mol. The van der Waals surface area contributed by atoms with Gasteiger partial charge in [0.15, 0.2) is 5.65 Å². The van der Waals surface area contributed by atoms with E-state index in [0.717, 1.165) is 19.3 Å². The number of hydrogen-bond acceptors (Lipinski definition) is 4. The quantitative estimate of drug-likeness (QED) is 0.861. The van der Waals surface area contributed by atoms with E-state index in [0.29, 0.717) is 11.0 Å². The molecule has 6 nitrogen and oxygen atoms in total. The number of fused-ring (bicyclic) bond motifs is 1. The molecule has 0 fully saturated rings. The summed E-state index contributed by atoms with van der Waals surface area (Å²) in [6, 6.07) is 0. The van der Waals surface area contributed by atoms with Gasteiger partial charge in [-0.25, -0.2) is 9.97 Å². The fraction of sp³-hybridized carbons (Fsp3) is 0.583. The van der Waals surface area contributed by atoms with Crippen LogP contribution in [0.25, 0.3) is 11.0 Å². The molecule has 0 radical (unpaired) electrons. The van der Waals surface area contributed by atoms with Crippen molar-refractivity contribution in [3.8, 4) is 0 Å². The Hall–Kier alpha value is -1.85. The largest absolute Gasteiger partial charge is 0.383 e. The first-order chi connectivity index (χ1) is 8.53. The first-order valence-corrected chi connectivity index (χ1v) is 6.25. The number of nitrogens with zero attached hydrogens (tertiary/aromatic N) is 3. The molecule has 3 N–H and O–H groups in total. The Morgan fingerprint density at radius 1 is 1.44 bits per heavy atom. The summed E-state index contributed by atoms with van der Waals surface area (Å²) in [7, 11) is 0. The Labute approximate surface area is 105 Å². The second-order valence-electron chi connectivity index (χ2n) is 4.83. The first-order valence-electron chi connectivity index (χ1n) is 6.25. The fourth-order valence-corrected chi connectivity index (χ4v) is 2.36. The van der Waals surface area contributed by atoms with Crippen LogP contribution in [-0.4, -0.2) is 19.7 Å². The lowest BCUT2D eigenvalue weighted by Crippen LogP contribution is -2.31.